The Hall–Kier alpha value is -2.79. The van der Waals surface area contributed by atoms with Crippen molar-refractivity contribution in [3.8, 4) is 6.07 Å². The van der Waals surface area contributed by atoms with Crippen LogP contribution in [0.5, 0.6) is 0 Å². The minimum absolute atomic E-state index is 0.0143. The van der Waals surface area contributed by atoms with Crippen molar-refractivity contribution in [1.29, 1.82) is 5.26 Å². The predicted molar refractivity (Wildman–Crippen MR) is 64.2 cm³/mol. The van der Waals surface area contributed by atoms with Crippen molar-refractivity contribution in [1.82, 2.24) is 9.97 Å². The van der Waals surface area contributed by atoms with E-state index >= 15 is 0 Å². The Morgan fingerprint density at radius 2 is 2.05 bits per heavy atom. The fraction of sp³-hybridized carbons (Fsp3) is 0. The van der Waals surface area contributed by atoms with E-state index in [0.29, 0.717) is 0 Å². The van der Waals surface area contributed by atoms with Gasteiger partial charge in [-0.1, -0.05) is 0 Å². The van der Waals surface area contributed by atoms with Crippen LogP contribution in [0.3, 0.4) is 0 Å². The van der Waals surface area contributed by atoms with E-state index in [9.17, 15) is 8.78 Å². The molecule has 2 rings (SSSR count). The van der Waals surface area contributed by atoms with Crippen molar-refractivity contribution in [2.24, 2.45) is 5.84 Å². The number of rotatable bonds is 3. The van der Waals surface area contributed by atoms with Gasteiger partial charge < -0.3 is 5.32 Å². The molecule has 0 bridgehead atoms. The number of benzene rings is 1. The largest absolute Gasteiger partial charge is 0.335 e. The Balaban J connectivity index is 2.33. The number of hydrogen-bond acceptors (Lipinski definition) is 6. The normalized spacial score (nSPS) is 9.79. The third kappa shape index (κ3) is 2.72. The number of nitrogen functional groups attached to an aromatic ring is 1. The summed E-state index contributed by atoms with van der Waals surface area (Å²) in [6.07, 6.45) is 0.895. The van der Waals surface area contributed by atoms with Crippen LogP contribution in [0.1, 0.15) is 5.56 Å². The fourth-order valence-corrected chi connectivity index (χ4v) is 1.34. The molecule has 8 heteroatoms. The van der Waals surface area contributed by atoms with Gasteiger partial charge in [-0.3, -0.25) is 5.43 Å². The lowest BCUT2D eigenvalue weighted by molar-refractivity contribution is 0.616. The number of nitriles is 1. The maximum atomic E-state index is 13.6. The van der Waals surface area contributed by atoms with Gasteiger partial charge in [0.1, 0.15) is 5.82 Å². The molecule has 0 saturated heterocycles. The smallest absolute Gasteiger partial charge is 0.239 e. The summed E-state index contributed by atoms with van der Waals surface area (Å²) in [5.41, 5.74) is 2.30. The van der Waals surface area contributed by atoms with Gasteiger partial charge in [0.15, 0.2) is 11.6 Å². The number of hydrogen-bond donors (Lipinski definition) is 3. The number of nitrogens with zero attached hydrogens (tertiary/aromatic N) is 3. The molecule has 0 aliphatic rings. The van der Waals surface area contributed by atoms with Crippen molar-refractivity contribution in [3.05, 3.63) is 41.6 Å². The summed E-state index contributed by atoms with van der Waals surface area (Å²) in [6, 6.07) is 5.53. The predicted octanol–water partition coefficient (Wildman–Crippen LogP) is 1.66. The van der Waals surface area contributed by atoms with Crippen LogP contribution in [-0.2, 0) is 0 Å². The summed E-state index contributed by atoms with van der Waals surface area (Å²) < 4.78 is 27.1. The maximum absolute atomic E-state index is 13.6. The highest BCUT2D eigenvalue weighted by Gasteiger charge is 2.10. The van der Waals surface area contributed by atoms with Gasteiger partial charge in [0.2, 0.25) is 5.95 Å². The van der Waals surface area contributed by atoms with E-state index in [0.717, 1.165) is 12.3 Å². The summed E-state index contributed by atoms with van der Waals surface area (Å²) in [5, 5.41) is 11.1. The van der Waals surface area contributed by atoms with Crippen LogP contribution >= 0.6 is 0 Å². The quantitative estimate of drug-likeness (QED) is 0.574. The Morgan fingerprint density at radius 1 is 1.26 bits per heavy atom. The molecule has 4 N–H and O–H groups in total. The molecule has 1 aromatic heterocycles. The number of nitrogens with two attached hydrogens (primary N) is 1. The first kappa shape index (κ1) is 12.7. The first-order valence-corrected chi connectivity index (χ1v) is 5.10. The van der Waals surface area contributed by atoms with Crippen LogP contribution in [-0.4, -0.2) is 9.97 Å². The van der Waals surface area contributed by atoms with Gasteiger partial charge >= 0.3 is 0 Å². The Bertz CT molecular complexity index is 652. The van der Waals surface area contributed by atoms with Crippen LogP contribution in [0.4, 0.5) is 26.2 Å². The number of aromatic nitrogens is 2. The molecule has 0 fully saturated rings. The van der Waals surface area contributed by atoms with Crippen molar-refractivity contribution in [2.75, 3.05) is 10.7 Å². The molecule has 96 valence electrons. The standard InChI is InChI=1S/C11H8F2N6/c12-7-3-6(4-14)1-2-9(7)17-10-8(13)5-16-11(18-10)19-15/h1-3,5H,15H2,(H2,16,17,18,19). The second-order valence-corrected chi connectivity index (χ2v) is 3.47. The van der Waals surface area contributed by atoms with Crippen molar-refractivity contribution in [2.45, 2.75) is 0 Å². The summed E-state index contributed by atoms with van der Waals surface area (Å²) in [6.45, 7) is 0. The lowest BCUT2D eigenvalue weighted by atomic mass is 10.2. The molecule has 0 atom stereocenters. The zero-order valence-electron chi connectivity index (χ0n) is 9.48. The van der Waals surface area contributed by atoms with E-state index < -0.39 is 11.6 Å². The Kier molecular flexibility index (Phi) is 3.49. The summed E-state index contributed by atoms with van der Waals surface area (Å²) >= 11 is 0. The zero-order valence-corrected chi connectivity index (χ0v) is 9.48. The molecular weight excluding hydrogens is 254 g/mol. The second kappa shape index (κ2) is 5.24. The highest BCUT2D eigenvalue weighted by atomic mass is 19.1. The molecule has 0 amide bonds. The summed E-state index contributed by atoms with van der Waals surface area (Å²) in [5.74, 6) is 3.39. The Labute approximate surface area is 106 Å². The van der Waals surface area contributed by atoms with E-state index in [1.54, 1.807) is 6.07 Å². The van der Waals surface area contributed by atoms with Gasteiger partial charge in [-0.2, -0.15) is 10.2 Å². The molecule has 0 unspecified atom stereocenters. The van der Waals surface area contributed by atoms with E-state index in [-0.39, 0.29) is 23.0 Å². The number of anilines is 3. The van der Waals surface area contributed by atoms with Crippen LogP contribution in [0.2, 0.25) is 0 Å². The van der Waals surface area contributed by atoms with Crippen molar-refractivity contribution in [3.63, 3.8) is 0 Å². The molecule has 1 aromatic carbocycles. The van der Waals surface area contributed by atoms with Gasteiger partial charge in [0.25, 0.3) is 0 Å². The summed E-state index contributed by atoms with van der Waals surface area (Å²) in [4.78, 5) is 7.25. The van der Waals surface area contributed by atoms with E-state index in [4.69, 9.17) is 11.1 Å². The minimum atomic E-state index is -0.761. The number of halogens is 2. The first-order valence-electron chi connectivity index (χ1n) is 5.10. The van der Waals surface area contributed by atoms with E-state index in [1.165, 1.54) is 12.1 Å². The molecule has 6 nitrogen and oxygen atoms in total. The topological polar surface area (TPSA) is 99.7 Å². The first-order chi connectivity index (χ1) is 9.13. The number of nitrogens with one attached hydrogen (secondary N) is 2. The van der Waals surface area contributed by atoms with Gasteiger partial charge in [-0.15, -0.1) is 0 Å². The highest BCUT2D eigenvalue weighted by molar-refractivity contribution is 5.59. The van der Waals surface area contributed by atoms with Crippen molar-refractivity contribution < 1.29 is 8.78 Å². The molecule has 2 aromatic rings. The monoisotopic (exact) mass is 262 g/mol. The molecule has 0 aliphatic heterocycles. The molecule has 19 heavy (non-hydrogen) atoms. The fourth-order valence-electron chi connectivity index (χ4n) is 1.34. The average molecular weight is 262 g/mol. The van der Waals surface area contributed by atoms with Gasteiger partial charge in [0.05, 0.1) is 23.5 Å². The Morgan fingerprint density at radius 3 is 2.68 bits per heavy atom. The molecule has 0 aliphatic carbocycles. The SMILES string of the molecule is N#Cc1ccc(Nc2nc(NN)ncc2F)c(F)c1. The zero-order chi connectivity index (χ0) is 13.8. The lowest BCUT2D eigenvalue weighted by Gasteiger charge is -2.08. The number of hydrazine groups is 1. The third-order valence-electron chi connectivity index (χ3n) is 2.22. The third-order valence-corrected chi connectivity index (χ3v) is 2.22. The molecular formula is C11H8F2N6. The van der Waals surface area contributed by atoms with Gasteiger partial charge in [0, 0.05) is 0 Å². The van der Waals surface area contributed by atoms with Crippen LogP contribution in [0.25, 0.3) is 0 Å². The molecule has 0 saturated carbocycles. The summed E-state index contributed by atoms with van der Waals surface area (Å²) in [7, 11) is 0. The molecule has 0 radical (unpaired) electrons. The van der Waals surface area contributed by atoms with Gasteiger partial charge in [-0.05, 0) is 18.2 Å². The van der Waals surface area contributed by atoms with Crippen molar-refractivity contribution >= 4 is 17.5 Å². The molecule has 0 spiro atoms. The van der Waals surface area contributed by atoms with E-state index in [1.807, 2.05) is 0 Å². The highest BCUT2D eigenvalue weighted by Crippen LogP contribution is 2.21. The van der Waals surface area contributed by atoms with Crippen LogP contribution in [0.15, 0.2) is 24.4 Å². The van der Waals surface area contributed by atoms with Crippen LogP contribution < -0.4 is 16.6 Å². The molecule has 1 heterocycles. The maximum Gasteiger partial charge on any atom is 0.239 e. The minimum Gasteiger partial charge on any atom is -0.335 e. The average Bonchev–Trinajstić information content (AvgIpc) is 2.43. The van der Waals surface area contributed by atoms with E-state index in [2.05, 4.69) is 20.7 Å². The lowest BCUT2D eigenvalue weighted by Crippen LogP contribution is -2.12. The van der Waals surface area contributed by atoms with Gasteiger partial charge in [-0.25, -0.2) is 19.6 Å². The second-order valence-electron chi connectivity index (χ2n) is 3.47. The van der Waals surface area contributed by atoms with Crippen LogP contribution in [0, 0.1) is 23.0 Å².